The minimum absolute atomic E-state index is 0.0634. The fraction of sp³-hybridized carbons (Fsp3) is 0.571. The summed E-state index contributed by atoms with van der Waals surface area (Å²) in [6.45, 7) is 12.5. The highest BCUT2D eigenvalue weighted by molar-refractivity contribution is 6.56. The predicted molar refractivity (Wildman–Crippen MR) is 111 cm³/mol. The Kier molecular flexibility index (Phi) is 7.07. The number of benzene rings is 1. The van der Waals surface area contributed by atoms with Gasteiger partial charge in [-0.05, 0) is 60.0 Å². The van der Waals surface area contributed by atoms with Crippen LogP contribution < -0.4 is 10.1 Å². The number of alkyl carbamates (subject to hydrolysis) is 1. The lowest BCUT2D eigenvalue weighted by molar-refractivity contribution is -0.274. The Hall–Kier alpha value is -2.20. The first kappa shape index (κ1) is 25.1. The number of ether oxygens (including phenoxy) is 2. The molecule has 1 aromatic carbocycles. The summed E-state index contributed by atoms with van der Waals surface area (Å²) in [5, 5.41) is 2.61. The lowest BCUT2D eigenvalue weighted by Gasteiger charge is -2.32. The molecule has 0 saturated carbocycles. The number of hydrogen-bond acceptors (Lipinski definition) is 5. The van der Waals surface area contributed by atoms with Gasteiger partial charge >= 0.3 is 19.6 Å². The van der Waals surface area contributed by atoms with Crippen molar-refractivity contribution >= 4 is 19.3 Å². The lowest BCUT2D eigenvalue weighted by atomic mass is 9.77. The van der Waals surface area contributed by atoms with Crippen LogP contribution in [-0.4, -0.2) is 42.9 Å². The Balaban J connectivity index is 2.36. The highest BCUT2D eigenvalue weighted by Gasteiger charge is 2.52. The summed E-state index contributed by atoms with van der Waals surface area (Å²) in [5.41, 5.74) is -1.49. The number of nitrogens with one attached hydrogen (secondary N) is 1. The summed E-state index contributed by atoms with van der Waals surface area (Å²) in [5.74, 6) is -0.374. The van der Waals surface area contributed by atoms with Gasteiger partial charge in [0.1, 0.15) is 11.4 Å². The molecule has 10 heteroatoms. The summed E-state index contributed by atoms with van der Waals surface area (Å²) in [6.07, 6.45) is -4.06. The topological polar surface area (TPSA) is 66.0 Å². The Morgan fingerprint density at radius 3 is 2.16 bits per heavy atom. The average Bonchev–Trinajstić information content (AvgIpc) is 2.77. The number of carbonyl (C=O) groups excluding carboxylic acids is 1. The van der Waals surface area contributed by atoms with E-state index < -0.39 is 36.4 Å². The summed E-state index contributed by atoms with van der Waals surface area (Å²) >= 11 is 0. The first-order valence-electron chi connectivity index (χ1n) is 9.87. The van der Waals surface area contributed by atoms with Crippen molar-refractivity contribution in [2.24, 2.45) is 0 Å². The highest BCUT2D eigenvalue weighted by atomic mass is 19.4. The maximum Gasteiger partial charge on any atom is 0.573 e. The highest BCUT2D eigenvalue weighted by Crippen LogP contribution is 2.39. The number of alkyl halides is 3. The zero-order valence-corrected chi connectivity index (χ0v) is 18.8. The van der Waals surface area contributed by atoms with Crippen LogP contribution in [-0.2, 0) is 14.0 Å². The minimum atomic E-state index is -4.84. The standard InChI is InChI=1S/C21H29BF3NO5/c1-18(2,3)29-17(27)26-13-15(22-30-19(4,5)20(6,7)31-22)12-14-10-8-9-11-16(14)28-21(23,24)25/h8-12H,13H2,1-7H3,(H,26,27). The number of hydrogen-bond donors (Lipinski definition) is 1. The van der Waals surface area contributed by atoms with E-state index in [2.05, 4.69) is 10.1 Å². The van der Waals surface area contributed by atoms with Gasteiger partial charge in [-0.25, -0.2) is 4.79 Å². The van der Waals surface area contributed by atoms with Crippen LogP contribution in [0, 0.1) is 0 Å². The van der Waals surface area contributed by atoms with Gasteiger partial charge in [-0.3, -0.25) is 0 Å². The van der Waals surface area contributed by atoms with E-state index in [1.165, 1.54) is 24.3 Å². The molecule has 1 aliphatic heterocycles. The van der Waals surface area contributed by atoms with Gasteiger partial charge in [0.2, 0.25) is 0 Å². The third-order valence-electron chi connectivity index (χ3n) is 4.88. The van der Waals surface area contributed by atoms with Crippen molar-refractivity contribution in [2.45, 2.75) is 71.6 Å². The lowest BCUT2D eigenvalue weighted by Crippen LogP contribution is -2.41. The molecule has 0 atom stereocenters. The molecule has 0 radical (unpaired) electrons. The van der Waals surface area contributed by atoms with Gasteiger partial charge in [0.25, 0.3) is 0 Å². The molecule has 31 heavy (non-hydrogen) atoms. The Morgan fingerprint density at radius 1 is 1.10 bits per heavy atom. The Morgan fingerprint density at radius 2 is 1.65 bits per heavy atom. The summed E-state index contributed by atoms with van der Waals surface area (Å²) in [6, 6.07) is 5.70. The van der Waals surface area contributed by atoms with Gasteiger partial charge in [-0.15, -0.1) is 13.2 Å². The number of carbonyl (C=O) groups is 1. The van der Waals surface area contributed by atoms with Crippen LogP contribution >= 0.6 is 0 Å². The van der Waals surface area contributed by atoms with E-state index in [4.69, 9.17) is 14.0 Å². The normalized spacial score (nSPS) is 18.6. The molecule has 0 aromatic heterocycles. The molecule has 1 saturated heterocycles. The Bertz CT molecular complexity index is 815. The Labute approximate surface area is 181 Å². The van der Waals surface area contributed by atoms with Crippen molar-refractivity contribution in [2.75, 3.05) is 6.54 Å². The van der Waals surface area contributed by atoms with Crippen LogP contribution in [0.1, 0.15) is 54.0 Å². The molecule has 0 bridgehead atoms. The first-order chi connectivity index (χ1) is 14.0. The summed E-state index contributed by atoms with van der Waals surface area (Å²) in [4.78, 5) is 12.1. The van der Waals surface area contributed by atoms with Crippen molar-refractivity contribution in [3.8, 4) is 5.75 Å². The number of rotatable bonds is 5. The second-order valence-corrected chi connectivity index (χ2v) is 9.25. The molecule has 1 N–H and O–H groups in total. The monoisotopic (exact) mass is 443 g/mol. The molecule has 0 aliphatic carbocycles. The van der Waals surface area contributed by atoms with E-state index in [9.17, 15) is 18.0 Å². The van der Waals surface area contributed by atoms with Gasteiger partial charge in [0, 0.05) is 12.1 Å². The smallest absolute Gasteiger partial charge is 0.444 e. The molecular weight excluding hydrogens is 414 g/mol. The van der Waals surface area contributed by atoms with Crippen LogP contribution in [0.4, 0.5) is 18.0 Å². The van der Waals surface area contributed by atoms with Crippen molar-refractivity contribution in [3.63, 3.8) is 0 Å². The molecule has 6 nitrogen and oxygen atoms in total. The molecule has 1 aromatic rings. The summed E-state index contributed by atoms with van der Waals surface area (Å²) < 4.78 is 59.9. The van der Waals surface area contributed by atoms with Crippen LogP contribution in [0.3, 0.4) is 0 Å². The first-order valence-corrected chi connectivity index (χ1v) is 9.87. The molecular formula is C21H29BF3NO5. The SMILES string of the molecule is CC(C)(C)OC(=O)NCC(=Cc1ccccc1OC(F)(F)F)B1OC(C)(C)C(C)(C)O1. The molecule has 1 aliphatic rings. The molecule has 172 valence electrons. The van der Waals surface area contributed by atoms with Gasteiger partial charge in [-0.1, -0.05) is 24.3 Å². The third kappa shape index (κ3) is 7.17. The van der Waals surface area contributed by atoms with E-state index in [-0.39, 0.29) is 17.9 Å². The van der Waals surface area contributed by atoms with Crippen LogP contribution in [0.25, 0.3) is 6.08 Å². The van der Waals surface area contributed by atoms with Gasteiger partial charge in [0.15, 0.2) is 0 Å². The second-order valence-electron chi connectivity index (χ2n) is 9.25. The number of para-hydroxylation sites is 1. The number of halogens is 3. The van der Waals surface area contributed by atoms with Crippen LogP contribution in [0.15, 0.2) is 29.7 Å². The molecule has 0 spiro atoms. The minimum Gasteiger partial charge on any atom is -0.444 e. The molecule has 1 fully saturated rings. The zero-order valence-electron chi connectivity index (χ0n) is 18.8. The van der Waals surface area contributed by atoms with Gasteiger partial charge in [-0.2, -0.15) is 0 Å². The number of amides is 1. The third-order valence-corrected chi connectivity index (χ3v) is 4.88. The van der Waals surface area contributed by atoms with E-state index in [0.717, 1.165) is 0 Å². The van der Waals surface area contributed by atoms with Crippen LogP contribution in [0.2, 0.25) is 0 Å². The largest absolute Gasteiger partial charge is 0.573 e. The zero-order chi connectivity index (χ0) is 23.7. The molecule has 1 heterocycles. The van der Waals surface area contributed by atoms with Crippen molar-refractivity contribution in [1.82, 2.24) is 5.32 Å². The van der Waals surface area contributed by atoms with Crippen molar-refractivity contribution in [1.29, 1.82) is 0 Å². The van der Waals surface area contributed by atoms with Gasteiger partial charge in [0.05, 0.1) is 11.2 Å². The second kappa shape index (κ2) is 8.74. The van der Waals surface area contributed by atoms with E-state index in [1.54, 1.807) is 26.8 Å². The van der Waals surface area contributed by atoms with Crippen molar-refractivity contribution < 1.29 is 36.7 Å². The maximum atomic E-state index is 12.8. The fourth-order valence-corrected chi connectivity index (χ4v) is 2.70. The maximum absolute atomic E-state index is 12.8. The molecule has 1 amide bonds. The van der Waals surface area contributed by atoms with Gasteiger partial charge < -0.3 is 24.1 Å². The quantitative estimate of drug-likeness (QED) is 0.640. The van der Waals surface area contributed by atoms with Crippen molar-refractivity contribution in [3.05, 3.63) is 35.3 Å². The van der Waals surface area contributed by atoms with E-state index >= 15 is 0 Å². The average molecular weight is 443 g/mol. The molecule has 2 rings (SSSR count). The van der Waals surface area contributed by atoms with Crippen LogP contribution in [0.5, 0.6) is 5.75 Å². The fourth-order valence-electron chi connectivity index (χ4n) is 2.70. The van der Waals surface area contributed by atoms with E-state index in [1.807, 2.05) is 27.7 Å². The predicted octanol–water partition coefficient (Wildman–Crippen LogP) is 5.12. The molecule has 0 unspecified atom stereocenters. The summed E-state index contributed by atoms with van der Waals surface area (Å²) in [7, 11) is -0.890. The van der Waals surface area contributed by atoms with E-state index in [0.29, 0.717) is 5.47 Å².